The van der Waals surface area contributed by atoms with Crippen molar-refractivity contribution in [3.05, 3.63) is 17.5 Å². The molecular formula is C11H14ClN3O. The molecule has 0 aromatic carbocycles. The van der Waals surface area contributed by atoms with Crippen molar-refractivity contribution in [3.8, 4) is 0 Å². The van der Waals surface area contributed by atoms with Crippen LogP contribution in [-0.2, 0) is 4.74 Å². The molecule has 2 bridgehead atoms. The summed E-state index contributed by atoms with van der Waals surface area (Å²) in [6.45, 7) is 2.03. The van der Waals surface area contributed by atoms with Gasteiger partial charge in [-0.25, -0.2) is 9.97 Å². The first-order valence-corrected chi connectivity index (χ1v) is 5.91. The van der Waals surface area contributed by atoms with Crippen LogP contribution in [0.2, 0.25) is 5.15 Å². The zero-order chi connectivity index (χ0) is 11.1. The summed E-state index contributed by atoms with van der Waals surface area (Å²) in [4.78, 5) is 10.4. The number of aromatic nitrogens is 2. The van der Waals surface area contributed by atoms with E-state index in [0.717, 1.165) is 18.9 Å². The molecule has 3 heterocycles. The fourth-order valence-corrected chi connectivity index (χ4v) is 3.05. The predicted octanol–water partition coefficient (Wildman–Crippen LogP) is 1.60. The first-order chi connectivity index (χ1) is 7.78. The summed E-state index contributed by atoms with van der Waals surface area (Å²) in [7, 11) is 1.81. The van der Waals surface area contributed by atoms with Crippen LogP contribution >= 0.6 is 11.6 Å². The molecule has 1 aliphatic carbocycles. The van der Waals surface area contributed by atoms with Gasteiger partial charge < -0.3 is 9.64 Å². The maximum Gasteiger partial charge on any atom is 0.134 e. The van der Waals surface area contributed by atoms with E-state index in [-0.39, 0.29) is 0 Å². The molecule has 3 fully saturated rings. The highest BCUT2D eigenvalue weighted by Gasteiger charge is 2.47. The van der Waals surface area contributed by atoms with Crippen molar-refractivity contribution >= 4 is 17.4 Å². The zero-order valence-electron chi connectivity index (χ0n) is 9.14. The van der Waals surface area contributed by atoms with E-state index in [1.54, 1.807) is 7.11 Å². The van der Waals surface area contributed by atoms with Gasteiger partial charge in [0.05, 0.1) is 6.10 Å². The molecule has 4 rings (SSSR count). The largest absolute Gasteiger partial charge is 0.381 e. The molecule has 1 aromatic heterocycles. The minimum atomic E-state index is 0.452. The lowest BCUT2D eigenvalue weighted by Crippen LogP contribution is -2.59. The second kappa shape index (κ2) is 3.86. The number of halogens is 1. The van der Waals surface area contributed by atoms with Gasteiger partial charge in [0.1, 0.15) is 17.3 Å². The van der Waals surface area contributed by atoms with Crippen LogP contribution in [0, 0.1) is 11.8 Å². The van der Waals surface area contributed by atoms with Crippen LogP contribution in [0.25, 0.3) is 0 Å². The topological polar surface area (TPSA) is 38.2 Å². The highest BCUT2D eigenvalue weighted by atomic mass is 35.5. The Hall–Kier alpha value is -0.870. The number of anilines is 1. The zero-order valence-corrected chi connectivity index (χ0v) is 9.89. The van der Waals surface area contributed by atoms with Crippen LogP contribution in [0.1, 0.15) is 6.42 Å². The smallest absolute Gasteiger partial charge is 0.134 e. The van der Waals surface area contributed by atoms with E-state index in [1.807, 2.05) is 6.07 Å². The number of piperidine rings is 2. The maximum atomic E-state index is 5.87. The number of rotatable bonds is 2. The van der Waals surface area contributed by atoms with Crippen LogP contribution in [-0.4, -0.2) is 36.3 Å². The normalized spacial score (nSPS) is 32.4. The highest BCUT2D eigenvalue weighted by Crippen LogP contribution is 2.42. The average molecular weight is 240 g/mol. The molecule has 4 nitrogen and oxygen atoms in total. The van der Waals surface area contributed by atoms with Crippen molar-refractivity contribution in [1.29, 1.82) is 0 Å². The molecule has 5 heteroatoms. The lowest BCUT2D eigenvalue weighted by atomic mass is 9.68. The standard InChI is InChI=1S/C11H14ClN3O/c1-16-11-7-2-8(11)5-15(4-7)10-3-9(12)13-6-14-10/h3,6-8,11H,2,4-5H2,1H3/t7-,8-/m0/s1. The van der Waals surface area contributed by atoms with Crippen molar-refractivity contribution in [2.75, 3.05) is 25.1 Å². The Kier molecular flexibility index (Phi) is 2.48. The molecule has 2 saturated heterocycles. The molecule has 2 aliphatic heterocycles. The maximum absolute atomic E-state index is 5.87. The van der Waals surface area contributed by atoms with Gasteiger partial charge in [0.2, 0.25) is 0 Å². The van der Waals surface area contributed by atoms with Crippen molar-refractivity contribution in [1.82, 2.24) is 9.97 Å². The SMILES string of the molecule is COC1[C@H]2C[C@H]1CN(c1cc(Cl)ncn1)C2. The van der Waals surface area contributed by atoms with E-state index in [0.29, 0.717) is 23.1 Å². The molecule has 16 heavy (non-hydrogen) atoms. The van der Waals surface area contributed by atoms with Gasteiger partial charge in [-0.3, -0.25) is 0 Å². The molecular weight excluding hydrogens is 226 g/mol. The number of ether oxygens (including phenoxy) is 1. The summed E-state index contributed by atoms with van der Waals surface area (Å²) >= 11 is 5.87. The molecule has 0 N–H and O–H groups in total. The van der Waals surface area contributed by atoms with E-state index in [9.17, 15) is 0 Å². The van der Waals surface area contributed by atoms with Crippen molar-refractivity contribution in [2.45, 2.75) is 12.5 Å². The van der Waals surface area contributed by atoms with Crippen LogP contribution in [0.4, 0.5) is 5.82 Å². The Morgan fingerprint density at radius 3 is 2.75 bits per heavy atom. The number of fused-ring (bicyclic) bond motifs is 2. The van der Waals surface area contributed by atoms with E-state index in [4.69, 9.17) is 16.3 Å². The lowest BCUT2D eigenvalue weighted by molar-refractivity contribution is -0.0816. The Balaban J connectivity index is 1.75. The highest BCUT2D eigenvalue weighted by molar-refractivity contribution is 6.29. The molecule has 3 aliphatic rings. The molecule has 0 amide bonds. The quantitative estimate of drug-likeness (QED) is 0.735. The Morgan fingerprint density at radius 1 is 1.38 bits per heavy atom. The monoisotopic (exact) mass is 239 g/mol. The van der Waals surface area contributed by atoms with Crippen LogP contribution in [0.5, 0.6) is 0 Å². The van der Waals surface area contributed by atoms with Gasteiger partial charge in [0.25, 0.3) is 0 Å². The van der Waals surface area contributed by atoms with Gasteiger partial charge in [-0.1, -0.05) is 11.6 Å². The lowest BCUT2D eigenvalue weighted by Gasteiger charge is -2.53. The summed E-state index contributed by atoms with van der Waals surface area (Å²) in [5.74, 6) is 2.24. The third kappa shape index (κ3) is 1.57. The van der Waals surface area contributed by atoms with Gasteiger partial charge >= 0.3 is 0 Å². The summed E-state index contributed by atoms with van der Waals surface area (Å²) in [5.41, 5.74) is 0. The summed E-state index contributed by atoms with van der Waals surface area (Å²) in [6, 6.07) is 1.83. The molecule has 86 valence electrons. The first kappa shape index (κ1) is 10.3. The number of nitrogens with zero attached hydrogens (tertiary/aromatic N) is 3. The Morgan fingerprint density at radius 2 is 2.12 bits per heavy atom. The molecule has 0 unspecified atom stereocenters. The number of hydrogen-bond acceptors (Lipinski definition) is 4. The molecule has 1 saturated carbocycles. The minimum Gasteiger partial charge on any atom is -0.381 e. The van der Waals surface area contributed by atoms with Crippen molar-refractivity contribution < 1.29 is 4.74 Å². The van der Waals surface area contributed by atoms with Gasteiger partial charge in [0.15, 0.2) is 0 Å². The van der Waals surface area contributed by atoms with Crippen LogP contribution in [0.3, 0.4) is 0 Å². The first-order valence-electron chi connectivity index (χ1n) is 5.53. The summed E-state index contributed by atoms with van der Waals surface area (Å²) in [6.07, 6.45) is 3.26. The van der Waals surface area contributed by atoms with Gasteiger partial charge in [-0.15, -0.1) is 0 Å². The molecule has 1 aromatic rings. The predicted molar refractivity (Wildman–Crippen MR) is 61.6 cm³/mol. The van der Waals surface area contributed by atoms with Gasteiger partial charge in [0, 0.05) is 38.1 Å². The van der Waals surface area contributed by atoms with Crippen LogP contribution < -0.4 is 4.90 Å². The van der Waals surface area contributed by atoms with E-state index >= 15 is 0 Å². The minimum absolute atomic E-state index is 0.452. The number of methoxy groups -OCH3 is 1. The fraction of sp³-hybridized carbons (Fsp3) is 0.636. The van der Waals surface area contributed by atoms with Crippen molar-refractivity contribution in [3.63, 3.8) is 0 Å². The molecule has 0 radical (unpaired) electrons. The summed E-state index contributed by atoms with van der Waals surface area (Å²) < 4.78 is 5.48. The van der Waals surface area contributed by atoms with Gasteiger partial charge in [-0.2, -0.15) is 0 Å². The third-order valence-electron chi connectivity index (χ3n) is 3.66. The Bertz CT molecular complexity index is 389. The van der Waals surface area contributed by atoms with E-state index in [2.05, 4.69) is 14.9 Å². The Labute approximate surface area is 99.6 Å². The summed E-state index contributed by atoms with van der Waals surface area (Å²) in [5, 5.41) is 0.507. The second-order valence-corrected chi connectivity index (χ2v) is 4.95. The van der Waals surface area contributed by atoms with E-state index in [1.165, 1.54) is 12.7 Å². The number of hydrogen-bond donors (Lipinski definition) is 0. The second-order valence-electron chi connectivity index (χ2n) is 4.56. The molecule has 0 spiro atoms. The van der Waals surface area contributed by atoms with Crippen LogP contribution in [0.15, 0.2) is 12.4 Å². The average Bonchev–Trinajstić information content (AvgIpc) is 2.30. The third-order valence-corrected chi connectivity index (χ3v) is 3.87. The molecule has 2 atom stereocenters. The van der Waals surface area contributed by atoms with E-state index < -0.39 is 0 Å². The van der Waals surface area contributed by atoms with Crippen molar-refractivity contribution in [2.24, 2.45) is 11.8 Å². The fourth-order valence-electron chi connectivity index (χ4n) is 2.91. The van der Waals surface area contributed by atoms with Gasteiger partial charge in [-0.05, 0) is 6.42 Å².